The molecule has 0 heterocycles. The van der Waals surface area contributed by atoms with Crippen LogP contribution in [-0.2, 0) is 0 Å². The van der Waals surface area contributed by atoms with E-state index >= 15 is 0 Å². The van der Waals surface area contributed by atoms with Gasteiger partial charge in [-0.15, -0.1) is 0 Å². The lowest BCUT2D eigenvalue weighted by molar-refractivity contribution is 0.206. The van der Waals surface area contributed by atoms with Crippen molar-refractivity contribution in [2.75, 3.05) is 27.2 Å². The Morgan fingerprint density at radius 3 is 2.29 bits per heavy atom. The van der Waals surface area contributed by atoms with E-state index in [0.29, 0.717) is 12.5 Å². The van der Waals surface area contributed by atoms with Gasteiger partial charge < -0.3 is 10.0 Å². The van der Waals surface area contributed by atoms with E-state index in [1.807, 2.05) is 0 Å². The molecular formula is C12H27NO. The molecule has 0 spiro atoms. The summed E-state index contributed by atoms with van der Waals surface area (Å²) >= 11 is 0. The molecule has 0 aromatic heterocycles. The molecule has 2 nitrogen and oxygen atoms in total. The molecule has 0 bridgehead atoms. The highest BCUT2D eigenvalue weighted by Gasteiger charge is 2.05. The molecule has 0 radical (unpaired) electrons. The lowest BCUT2D eigenvalue weighted by atomic mass is 9.97. The van der Waals surface area contributed by atoms with Gasteiger partial charge in [0.15, 0.2) is 0 Å². The minimum Gasteiger partial charge on any atom is -0.396 e. The van der Waals surface area contributed by atoms with Gasteiger partial charge in [-0.1, -0.05) is 26.2 Å². The minimum absolute atomic E-state index is 0.377. The number of nitrogens with zero attached hydrogens (tertiary/aromatic N) is 1. The van der Waals surface area contributed by atoms with E-state index in [1.54, 1.807) is 0 Å². The molecule has 0 aromatic rings. The van der Waals surface area contributed by atoms with Gasteiger partial charge in [0.05, 0.1) is 0 Å². The predicted molar refractivity (Wildman–Crippen MR) is 62.5 cm³/mol. The van der Waals surface area contributed by atoms with Crippen LogP contribution in [-0.4, -0.2) is 37.3 Å². The Morgan fingerprint density at radius 2 is 1.79 bits per heavy atom. The van der Waals surface area contributed by atoms with E-state index < -0.39 is 0 Å². The van der Waals surface area contributed by atoms with Gasteiger partial charge in [-0.25, -0.2) is 0 Å². The van der Waals surface area contributed by atoms with Crippen LogP contribution in [0.2, 0.25) is 0 Å². The van der Waals surface area contributed by atoms with Crippen molar-refractivity contribution < 1.29 is 5.11 Å². The average molecular weight is 201 g/mol. The first-order chi connectivity index (χ1) is 6.70. The fraction of sp³-hybridized carbons (Fsp3) is 1.00. The highest BCUT2D eigenvalue weighted by molar-refractivity contribution is 4.57. The summed E-state index contributed by atoms with van der Waals surface area (Å²) < 4.78 is 0. The number of hydrogen-bond acceptors (Lipinski definition) is 2. The molecule has 0 aromatic carbocycles. The number of unbranched alkanes of at least 4 members (excludes halogenated alkanes) is 2. The summed E-state index contributed by atoms with van der Waals surface area (Å²) in [4.78, 5) is 2.23. The standard InChI is InChI=1S/C12H27NO/c1-4-8-12(11-14)9-6-5-7-10-13(2)3/h12,14H,4-11H2,1-3H3/t12-/m1/s1. The summed E-state index contributed by atoms with van der Waals surface area (Å²) in [5.74, 6) is 0.555. The van der Waals surface area contributed by atoms with Gasteiger partial charge in [0, 0.05) is 6.61 Å². The third-order valence-corrected chi connectivity index (χ3v) is 2.67. The molecule has 0 aliphatic rings. The summed E-state index contributed by atoms with van der Waals surface area (Å²) in [5.41, 5.74) is 0. The maximum absolute atomic E-state index is 9.09. The molecule has 0 rings (SSSR count). The van der Waals surface area contributed by atoms with Crippen molar-refractivity contribution in [2.24, 2.45) is 5.92 Å². The lowest BCUT2D eigenvalue weighted by Crippen LogP contribution is -2.13. The summed E-state index contributed by atoms with van der Waals surface area (Å²) in [6, 6.07) is 0. The fourth-order valence-electron chi connectivity index (χ4n) is 1.77. The van der Waals surface area contributed by atoms with Crippen LogP contribution in [0.1, 0.15) is 45.4 Å². The number of aliphatic hydroxyl groups is 1. The van der Waals surface area contributed by atoms with Gasteiger partial charge in [0.1, 0.15) is 0 Å². The largest absolute Gasteiger partial charge is 0.396 e. The molecule has 14 heavy (non-hydrogen) atoms. The first kappa shape index (κ1) is 13.9. The Labute approximate surface area is 89.3 Å². The van der Waals surface area contributed by atoms with Crippen molar-refractivity contribution in [1.82, 2.24) is 4.90 Å². The van der Waals surface area contributed by atoms with Crippen LogP contribution in [0.3, 0.4) is 0 Å². The maximum Gasteiger partial charge on any atom is 0.0459 e. The van der Waals surface area contributed by atoms with Crippen molar-refractivity contribution in [3.8, 4) is 0 Å². The van der Waals surface area contributed by atoms with Gasteiger partial charge in [-0.3, -0.25) is 0 Å². The normalized spacial score (nSPS) is 13.5. The Hall–Kier alpha value is -0.0800. The zero-order chi connectivity index (χ0) is 10.8. The second-order valence-corrected chi connectivity index (χ2v) is 4.49. The predicted octanol–water partition coefficient (Wildman–Crippen LogP) is 2.52. The number of rotatable bonds is 9. The maximum atomic E-state index is 9.09. The third-order valence-electron chi connectivity index (χ3n) is 2.67. The summed E-state index contributed by atoms with van der Waals surface area (Å²) in [6.07, 6.45) is 7.46. The molecule has 1 atom stereocenters. The third kappa shape index (κ3) is 8.52. The summed E-state index contributed by atoms with van der Waals surface area (Å²) in [6.45, 7) is 3.76. The Bertz CT molecular complexity index is 115. The average Bonchev–Trinajstić information content (AvgIpc) is 2.15. The molecule has 0 unspecified atom stereocenters. The quantitative estimate of drug-likeness (QED) is 0.579. The summed E-state index contributed by atoms with van der Waals surface area (Å²) in [7, 11) is 4.24. The van der Waals surface area contributed by atoms with Gasteiger partial charge >= 0.3 is 0 Å². The van der Waals surface area contributed by atoms with Crippen molar-refractivity contribution in [3.63, 3.8) is 0 Å². The fourth-order valence-corrected chi connectivity index (χ4v) is 1.77. The van der Waals surface area contributed by atoms with Gasteiger partial charge in [0.2, 0.25) is 0 Å². The van der Waals surface area contributed by atoms with Crippen LogP contribution >= 0.6 is 0 Å². The number of aliphatic hydroxyl groups excluding tert-OH is 1. The Balaban J connectivity index is 3.24. The van der Waals surface area contributed by atoms with Crippen molar-refractivity contribution >= 4 is 0 Å². The molecule has 0 amide bonds. The van der Waals surface area contributed by atoms with E-state index in [0.717, 1.165) is 0 Å². The van der Waals surface area contributed by atoms with Crippen LogP contribution in [0.15, 0.2) is 0 Å². The molecule has 0 saturated heterocycles. The first-order valence-corrected chi connectivity index (χ1v) is 5.96. The molecule has 2 heteroatoms. The van der Waals surface area contributed by atoms with Crippen LogP contribution in [0.5, 0.6) is 0 Å². The highest BCUT2D eigenvalue weighted by Crippen LogP contribution is 2.14. The van der Waals surface area contributed by atoms with Gasteiger partial charge in [-0.05, 0) is 45.8 Å². The molecule has 0 fully saturated rings. The zero-order valence-corrected chi connectivity index (χ0v) is 10.1. The monoisotopic (exact) mass is 201 g/mol. The zero-order valence-electron chi connectivity index (χ0n) is 10.1. The van der Waals surface area contributed by atoms with E-state index in [9.17, 15) is 0 Å². The second-order valence-electron chi connectivity index (χ2n) is 4.49. The smallest absolute Gasteiger partial charge is 0.0459 e. The van der Waals surface area contributed by atoms with Crippen LogP contribution in [0.4, 0.5) is 0 Å². The van der Waals surface area contributed by atoms with Crippen LogP contribution in [0.25, 0.3) is 0 Å². The van der Waals surface area contributed by atoms with Crippen LogP contribution in [0, 0.1) is 5.92 Å². The van der Waals surface area contributed by atoms with E-state index in [2.05, 4.69) is 25.9 Å². The van der Waals surface area contributed by atoms with E-state index in [1.165, 1.54) is 45.1 Å². The van der Waals surface area contributed by atoms with E-state index in [4.69, 9.17) is 5.11 Å². The first-order valence-electron chi connectivity index (χ1n) is 5.96. The van der Waals surface area contributed by atoms with E-state index in [-0.39, 0.29) is 0 Å². The SMILES string of the molecule is CCC[C@@H](CO)CCCCCN(C)C. The molecule has 0 aliphatic heterocycles. The molecule has 1 N–H and O–H groups in total. The van der Waals surface area contributed by atoms with Crippen molar-refractivity contribution in [2.45, 2.75) is 45.4 Å². The Morgan fingerprint density at radius 1 is 1.07 bits per heavy atom. The second kappa shape index (κ2) is 9.47. The Kier molecular flexibility index (Phi) is 9.42. The summed E-state index contributed by atoms with van der Waals surface area (Å²) in [5, 5.41) is 9.09. The van der Waals surface area contributed by atoms with Gasteiger partial charge in [0.25, 0.3) is 0 Å². The molecule has 0 aliphatic carbocycles. The van der Waals surface area contributed by atoms with Gasteiger partial charge in [-0.2, -0.15) is 0 Å². The number of hydrogen-bond donors (Lipinski definition) is 1. The van der Waals surface area contributed by atoms with Crippen LogP contribution < -0.4 is 0 Å². The topological polar surface area (TPSA) is 23.5 Å². The van der Waals surface area contributed by atoms with Crippen molar-refractivity contribution in [1.29, 1.82) is 0 Å². The van der Waals surface area contributed by atoms with Crippen molar-refractivity contribution in [3.05, 3.63) is 0 Å². The minimum atomic E-state index is 0.377. The highest BCUT2D eigenvalue weighted by atomic mass is 16.3. The lowest BCUT2D eigenvalue weighted by Gasteiger charge is -2.13. The molecule has 0 saturated carbocycles. The molecular weight excluding hydrogens is 174 g/mol. The molecule has 86 valence electrons.